The number of ether oxygens (including phenoxy) is 1. The van der Waals surface area contributed by atoms with Crippen molar-refractivity contribution in [3.05, 3.63) is 40.0 Å². The third-order valence-electron chi connectivity index (χ3n) is 6.27. The zero-order valence-electron chi connectivity index (χ0n) is 15.9. The van der Waals surface area contributed by atoms with E-state index in [0.29, 0.717) is 23.5 Å². The van der Waals surface area contributed by atoms with E-state index in [-0.39, 0.29) is 29.3 Å². The molecule has 0 spiro atoms. The molecular weight excluding hydrogens is 328 g/mol. The van der Waals surface area contributed by atoms with Gasteiger partial charge in [-0.05, 0) is 42.7 Å². The molecule has 1 aliphatic heterocycles. The Hall–Kier alpha value is -1.94. The molecule has 0 amide bonds. The first-order valence-electron chi connectivity index (χ1n) is 9.47. The van der Waals surface area contributed by atoms with Gasteiger partial charge in [-0.1, -0.05) is 32.9 Å². The number of carbonyl (C=O) groups is 2. The second-order valence-corrected chi connectivity index (χ2v) is 8.77. The van der Waals surface area contributed by atoms with E-state index < -0.39 is 5.60 Å². The van der Waals surface area contributed by atoms with Crippen LogP contribution in [-0.2, 0) is 31.8 Å². The summed E-state index contributed by atoms with van der Waals surface area (Å²) >= 11 is 0. The van der Waals surface area contributed by atoms with Crippen LogP contribution in [0.5, 0.6) is 0 Å². The fourth-order valence-corrected chi connectivity index (χ4v) is 5.05. The molecule has 0 bridgehead atoms. The second kappa shape index (κ2) is 5.53. The summed E-state index contributed by atoms with van der Waals surface area (Å²) in [6.45, 7) is 8.20. The summed E-state index contributed by atoms with van der Waals surface area (Å²) in [5.74, 6) is 0.000541. The topological polar surface area (TPSA) is 63.6 Å². The number of aliphatic hydroxyl groups is 1. The first-order chi connectivity index (χ1) is 12.2. The van der Waals surface area contributed by atoms with E-state index in [2.05, 4.69) is 19.9 Å². The van der Waals surface area contributed by atoms with Crippen LogP contribution in [0.3, 0.4) is 0 Å². The van der Waals surface area contributed by atoms with Gasteiger partial charge in [0.05, 0.1) is 6.61 Å². The van der Waals surface area contributed by atoms with Crippen LogP contribution in [0.15, 0.2) is 17.7 Å². The number of hydrogen-bond donors (Lipinski definition) is 1. The van der Waals surface area contributed by atoms with Gasteiger partial charge in [0.1, 0.15) is 11.5 Å². The van der Waals surface area contributed by atoms with Crippen molar-refractivity contribution in [2.24, 2.45) is 5.92 Å². The van der Waals surface area contributed by atoms with Crippen molar-refractivity contribution in [1.29, 1.82) is 0 Å². The number of rotatable bonds is 2. The Bertz CT molecular complexity index is 861. The molecule has 138 valence electrons. The zero-order valence-corrected chi connectivity index (χ0v) is 15.9. The van der Waals surface area contributed by atoms with Crippen molar-refractivity contribution >= 4 is 17.3 Å². The van der Waals surface area contributed by atoms with E-state index in [0.717, 1.165) is 30.4 Å². The molecule has 0 fully saturated rings. The molecule has 1 aromatic rings. The molecule has 1 unspecified atom stereocenters. The SMILES string of the molecule is CC(=O)CC1(O)C(=O)C2=C(OC[C@@H]2C)c2ccc3c(c21)CCCC3(C)C. The average Bonchev–Trinajstić information content (AvgIpc) is 2.93. The normalized spacial score (nSPS) is 29.0. The highest BCUT2D eigenvalue weighted by atomic mass is 16.5. The van der Waals surface area contributed by atoms with Crippen LogP contribution in [0.1, 0.15) is 69.2 Å². The monoisotopic (exact) mass is 354 g/mol. The lowest BCUT2D eigenvalue weighted by atomic mass is 9.65. The van der Waals surface area contributed by atoms with Crippen molar-refractivity contribution in [2.75, 3.05) is 6.61 Å². The van der Waals surface area contributed by atoms with Crippen molar-refractivity contribution in [3.63, 3.8) is 0 Å². The summed E-state index contributed by atoms with van der Waals surface area (Å²) in [6.07, 6.45) is 2.70. The van der Waals surface area contributed by atoms with Crippen molar-refractivity contribution in [3.8, 4) is 0 Å². The van der Waals surface area contributed by atoms with Crippen LogP contribution in [0.2, 0.25) is 0 Å². The maximum Gasteiger partial charge on any atom is 0.199 e. The van der Waals surface area contributed by atoms with Crippen molar-refractivity contribution < 1.29 is 19.4 Å². The van der Waals surface area contributed by atoms with Gasteiger partial charge in [-0.15, -0.1) is 0 Å². The largest absolute Gasteiger partial charge is 0.492 e. The van der Waals surface area contributed by atoms with Crippen LogP contribution in [0.4, 0.5) is 0 Å². The third-order valence-corrected chi connectivity index (χ3v) is 6.27. The highest BCUT2D eigenvalue weighted by molar-refractivity contribution is 6.13. The van der Waals surface area contributed by atoms with E-state index in [1.807, 2.05) is 13.0 Å². The van der Waals surface area contributed by atoms with Gasteiger partial charge in [-0.25, -0.2) is 0 Å². The van der Waals surface area contributed by atoms with Gasteiger partial charge in [0.15, 0.2) is 11.4 Å². The molecule has 0 saturated carbocycles. The molecule has 1 heterocycles. The molecule has 0 radical (unpaired) electrons. The summed E-state index contributed by atoms with van der Waals surface area (Å²) in [4.78, 5) is 25.3. The molecule has 4 nitrogen and oxygen atoms in total. The minimum Gasteiger partial charge on any atom is -0.492 e. The molecule has 0 aromatic heterocycles. The van der Waals surface area contributed by atoms with E-state index in [4.69, 9.17) is 4.74 Å². The van der Waals surface area contributed by atoms with E-state index in [9.17, 15) is 14.7 Å². The average molecular weight is 354 g/mol. The summed E-state index contributed by atoms with van der Waals surface area (Å²) in [6, 6.07) is 4.10. The molecular formula is C22H26O4. The molecule has 1 aromatic carbocycles. The van der Waals surface area contributed by atoms with Gasteiger partial charge in [0.25, 0.3) is 0 Å². The highest BCUT2D eigenvalue weighted by Gasteiger charge is 2.52. The smallest absolute Gasteiger partial charge is 0.199 e. The Morgan fingerprint density at radius 3 is 2.77 bits per heavy atom. The second-order valence-electron chi connectivity index (χ2n) is 8.77. The Morgan fingerprint density at radius 1 is 1.35 bits per heavy atom. The maximum absolute atomic E-state index is 13.3. The van der Waals surface area contributed by atoms with Crippen LogP contribution in [0, 0.1) is 5.92 Å². The third kappa shape index (κ3) is 2.24. The number of fused-ring (bicyclic) bond motifs is 4. The standard InChI is InChI=1S/C22H26O4/c1-12-11-26-19-15-7-8-16-14(6-5-9-21(16,3)4)18(15)22(25,10-13(2)23)20(24)17(12)19/h7-8,12,25H,5-6,9-11H2,1-4H3/t12-,22?/m0/s1. The molecule has 2 aliphatic carbocycles. The zero-order chi connectivity index (χ0) is 18.9. The van der Waals surface area contributed by atoms with Crippen molar-refractivity contribution in [2.45, 2.75) is 64.4 Å². The Morgan fingerprint density at radius 2 is 2.08 bits per heavy atom. The number of carbonyl (C=O) groups excluding carboxylic acids is 2. The number of Topliss-reactive ketones (excluding diaryl/α,β-unsaturated/α-hetero) is 2. The first kappa shape index (κ1) is 17.5. The molecule has 3 aliphatic rings. The van der Waals surface area contributed by atoms with E-state index >= 15 is 0 Å². The fourth-order valence-electron chi connectivity index (χ4n) is 5.05. The number of benzene rings is 1. The van der Waals surface area contributed by atoms with E-state index in [1.54, 1.807) is 0 Å². The Balaban J connectivity index is 2.05. The predicted octanol–water partition coefficient (Wildman–Crippen LogP) is 3.43. The Kier molecular flexibility index (Phi) is 3.71. The summed E-state index contributed by atoms with van der Waals surface area (Å²) < 4.78 is 5.87. The minimum absolute atomic E-state index is 0.0126. The van der Waals surface area contributed by atoms with Crippen molar-refractivity contribution in [1.82, 2.24) is 0 Å². The van der Waals surface area contributed by atoms with Crippen LogP contribution in [-0.4, -0.2) is 23.3 Å². The van der Waals surface area contributed by atoms with Crippen LogP contribution >= 0.6 is 0 Å². The summed E-state index contributed by atoms with van der Waals surface area (Å²) in [7, 11) is 0. The molecule has 26 heavy (non-hydrogen) atoms. The molecule has 2 atom stereocenters. The lowest BCUT2D eigenvalue weighted by Crippen LogP contribution is -2.44. The Labute approximate surface area is 154 Å². The number of ketones is 2. The summed E-state index contributed by atoms with van der Waals surface area (Å²) in [5.41, 5.74) is 2.37. The van der Waals surface area contributed by atoms with Crippen LogP contribution < -0.4 is 0 Å². The quantitative estimate of drug-likeness (QED) is 0.884. The van der Waals surface area contributed by atoms with Crippen LogP contribution in [0.25, 0.3) is 5.76 Å². The molecule has 1 N–H and O–H groups in total. The predicted molar refractivity (Wildman–Crippen MR) is 98.6 cm³/mol. The molecule has 4 rings (SSSR count). The van der Waals surface area contributed by atoms with Gasteiger partial charge >= 0.3 is 0 Å². The molecule has 0 saturated heterocycles. The van der Waals surface area contributed by atoms with Gasteiger partial charge in [-0.2, -0.15) is 0 Å². The summed E-state index contributed by atoms with van der Waals surface area (Å²) in [5, 5.41) is 11.6. The highest BCUT2D eigenvalue weighted by Crippen LogP contribution is 2.51. The van der Waals surface area contributed by atoms with Gasteiger partial charge in [0, 0.05) is 29.0 Å². The maximum atomic E-state index is 13.3. The lowest BCUT2D eigenvalue weighted by Gasteiger charge is -2.40. The van der Waals surface area contributed by atoms with Gasteiger partial charge in [0.2, 0.25) is 0 Å². The van der Waals surface area contributed by atoms with Gasteiger partial charge < -0.3 is 9.84 Å². The lowest BCUT2D eigenvalue weighted by molar-refractivity contribution is -0.140. The van der Waals surface area contributed by atoms with Gasteiger partial charge in [-0.3, -0.25) is 9.59 Å². The first-order valence-corrected chi connectivity index (χ1v) is 9.47. The number of hydrogen-bond acceptors (Lipinski definition) is 4. The fraction of sp³-hybridized carbons (Fsp3) is 0.545. The minimum atomic E-state index is -1.78. The van der Waals surface area contributed by atoms with E-state index in [1.165, 1.54) is 12.5 Å². The molecule has 4 heteroatoms.